The van der Waals surface area contributed by atoms with Gasteiger partial charge in [-0.15, -0.1) is 0 Å². The number of hydrogen-bond acceptors (Lipinski definition) is 3. The molecule has 2 rings (SSSR count). The Bertz CT molecular complexity index is 422. The van der Waals surface area contributed by atoms with E-state index in [2.05, 4.69) is 26.2 Å². The Morgan fingerprint density at radius 1 is 1.59 bits per heavy atom. The Morgan fingerprint density at radius 3 is 3.06 bits per heavy atom. The lowest BCUT2D eigenvalue weighted by Gasteiger charge is -2.21. The van der Waals surface area contributed by atoms with Gasteiger partial charge in [0.25, 0.3) is 5.91 Å². The number of ether oxygens (including phenoxy) is 1. The van der Waals surface area contributed by atoms with Crippen molar-refractivity contribution in [3.63, 3.8) is 0 Å². The molecule has 1 aliphatic rings. The average Bonchev–Trinajstić information content (AvgIpc) is 2.35. The van der Waals surface area contributed by atoms with Gasteiger partial charge in [0.2, 0.25) is 0 Å². The fraction of sp³-hybridized carbons (Fsp3) is 0.455. The summed E-state index contributed by atoms with van der Waals surface area (Å²) < 4.78 is 6.05. The second-order valence-electron chi connectivity index (χ2n) is 3.84. The summed E-state index contributed by atoms with van der Waals surface area (Å²) in [5, 5.41) is 3.14. The van der Waals surface area contributed by atoms with Crippen molar-refractivity contribution in [1.29, 1.82) is 0 Å². The molecule has 0 radical (unpaired) electrons. The fourth-order valence-electron chi connectivity index (χ4n) is 1.66. The van der Waals surface area contributed by atoms with E-state index >= 15 is 0 Å². The maximum Gasteiger partial charge on any atom is 0.253 e. The molecule has 92 valence electrons. The van der Waals surface area contributed by atoms with Gasteiger partial charge in [-0.3, -0.25) is 4.79 Å². The Kier molecular flexibility index (Phi) is 4.36. The molecular formula is C11H12BrClN2O2. The SMILES string of the molecule is O=C(Nc1cnc(Cl)c(Br)c1)C1CCCCO1. The van der Waals surface area contributed by atoms with E-state index in [0.29, 0.717) is 21.9 Å². The third-order valence-electron chi connectivity index (χ3n) is 2.54. The summed E-state index contributed by atoms with van der Waals surface area (Å²) in [7, 11) is 0. The molecule has 17 heavy (non-hydrogen) atoms. The molecule has 0 spiro atoms. The number of halogens is 2. The Labute approximate surface area is 113 Å². The first-order valence-electron chi connectivity index (χ1n) is 5.40. The smallest absolute Gasteiger partial charge is 0.253 e. The highest BCUT2D eigenvalue weighted by atomic mass is 79.9. The quantitative estimate of drug-likeness (QED) is 0.853. The fourth-order valence-corrected chi connectivity index (χ4v) is 2.11. The van der Waals surface area contributed by atoms with Crippen molar-refractivity contribution >= 4 is 39.1 Å². The highest BCUT2D eigenvalue weighted by Crippen LogP contribution is 2.23. The van der Waals surface area contributed by atoms with Crippen LogP contribution in [0.1, 0.15) is 19.3 Å². The van der Waals surface area contributed by atoms with Crippen LogP contribution >= 0.6 is 27.5 Å². The minimum absolute atomic E-state index is 0.124. The molecular weight excluding hydrogens is 307 g/mol. The van der Waals surface area contributed by atoms with Crippen molar-refractivity contribution in [3.05, 3.63) is 21.9 Å². The molecule has 0 bridgehead atoms. The minimum atomic E-state index is -0.349. The summed E-state index contributed by atoms with van der Waals surface area (Å²) in [6, 6.07) is 1.72. The van der Waals surface area contributed by atoms with E-state index in [1.807, 2.05) is 0 Å². The molecule has 2 heterocycles. The number of nitrogens with one attached hydrogen (secondary N) is 1. The predicted octanol–water partition coefficient (Wildman–Crippen LogP) is 3.01. The van der Waals surface area contributed by atoms with Gasteiger partial charge in [0, 0.05) is 6.61 Å². The van der Waals surface area contributed by atoms with E-state index in [1.165, 1.54) is 6.20 Å². The Morgan fingerprint density at radius 2 is 2.41 bits per heavy atom. The molecule has 1 N–H and O–H groups in total. The van der Waals surface area contributed by atoms with Crippen molar-refractivity contribution in [2.75, 3.05) is 11.9 Å². The van der Waals surface area contributed by atoms with Crippen molar-refractivity contribution in [2.24, 2.45) is 0 Å². The number of anilines is 1. The normalized spacial score (nSPS) is 20.0. The van der Waals surface area contributed by atoms with Gasteiger partial charge in [-0.05, 0) is 41.3 Å². The molecule has 1 aliphatic heterocycles. The van der Waals surface area contributed by atoms with Crippen molar-refractivity contribution in [1.82, 2.24) is 4.98 Å². The zero-order chi connectivity index (χ0) is 12.3. The number of amides is 1. The molecule has 0 saturated carbocycles. The molecule has 1 saturated heterocycles. The van der Waals surface area contributed by atoms with Crippen LogP contribution in [0.5, 0.6) is 0 Å². The first-order chi connectivity index (χ1) is 8.16. The second kappa shape index (κ2) is 5.80. The number of carbonyl (C=O) groups is 1. The minimum Gasteiger partial charge on any atom is -0.368 e. The molecule has 6 heteroatoms. The Hall–Kier alpha value is -0.650. The van der Waals surface area contributed by atoms with Crippen LogP contribution in [-0.2, 0) is 9.53 Å². The first kappa shape index (κ1) is 12.8. The topological polar surface area (TPSA) is 51.2 Å². The molecule has 4 nitrogen and oxygen atoms in total. The second-order valence-corrected chi connectivity index (χ2v) is 5.05. The third-order valence-corrected chi connectivity index (χ3v) is 3.67. The van der Waals surface area contributed by atoms with Gasteiger partial charge in [-0.1, -0.05) is 11.6 Å². The van der Waals surface area contributed by atoms with Gasteiger partial charge in [0.1, 0.15) is 11.3 Å². The third kappa shape index (κ3) is 3.40. The largest absolute Gasteiger partial charge is 0.368 e. The molecule has 1 unspecified atom stereocenters. The maximum absolute atomic E-state index is 11.9. The number of nitrogens with zero attached hydrogens (tertiary/aromatic N) is 1. The highest BCUT2D eigenvalue weighted by molar-refractivity contribution is 9.10. The zero-order valence-corrected chi connectivity index (χ0v) is 11.4. The molecule has 1 aromatic rings. The first-order valence-corrected chi connectivity index (χ1v) is 6.57. The number of carbonyl (C=O) groups excluding carboxylic acids is 1. The zero-order valence-electron chi connectivity index (χ0n) is 9.08. The predicted molar refractivity (Wildman–Crippen MR) is 69.2 cm³/mol. The van der Waals surface area contributed by atoms with E-state index < -0.39 is 0 Å². The lowest BCUT2D eigenvalue weighted by Crippen LogP contribution is -2.33. The summed E-state index contributed by atoms with van der Waals surface area (Å²) in [5.41, 5.74) is 0.612. The van der Waals surface area contributed by atoms with E-state index in [-0.39, 0.29) is 12.0 Å². The Balaban J connectivity index is 1.99. The number of pyridine rings is 1. The lowest BCUT2D eigenvalue weighted by molar-refractivity contribution is -0.129. The van der Waals surface area contributed by atoms with Crippen LogP contribution in [0, 0.1) is 0 Å². The van der Waals surface area contributed by atoms with Crippen LogP contribution < -0.4 is 5.32 Å². The van der Waals surface area contributed by atoms with Crippen molar-refractivity contribution in [3.8, 4) is 0 Å². The molecule has 1 fully saturated rings. The van der Waals surface area contributed by atoms with Gasteiger partial charge < -0.3 is 10.1 Å². The van der Waals surface area contributed by atoms with E-state index in [0.717, 1.165) is 19.3 Å². The van der Waals surface area contributed by atoms with Gasteiger partial charge in [0.15, 0.2) is 0 Å². The average molecular weight is 320 g/mol. The standard InChI is InChI=1S/C11H12BrClN2O2/c12-8-5-7(6-14-10(8)13)15-11(16)9-3-1-2-4-17-9/h5-6,9H,1-4H2,(H,15,16). The van der Waals surface area contributed by atoms with E-state index in [9.17, 15) is 4.79 Å². The summed E-state index contributed by atoms with van der Waals surface area (Å²) in [6.45, 7) is 0.653. The van der Waals surface area contributed by atoms with Crippen LogP contribution in [0.4, 0.5) is 5.69 Å². The van der Waals surface area contributed by atoms with Crippen LogP contribution in [0.3, 0.4) is 0 Å². The van der Waals surface area contributed by atoms with Crippen LogP contribution in [0.15, 0.2) is 16.7 Å². The maximum atomic E-state index is 11.9. The van der Waals surface area contributed by atoms with Gasteiger partial charge in [0.05, 0.1) is 16.4 Å². The van der Waals surface area contributed by atoms with Crippen LogP contribution in [0.25, 0.3) is 0 Å². The summed E-state index contributed by atoms with van der Waals surface area (Å²) in [5.74, 6) is -0.124. The van der Waals surface area contributed by atoms with Gasteiger partial charge in [-0.25, -0.2) is 4.98 Å². The molecule has 0 aromatic carbocycles. The van der Waals surface area contributed by atoms with Gasteiger partial charge >= 0.3 is 0 Å². The number of rotatable bonds is 2. The van der Waals surface area contributed by atoms with Crippen molar-refractivity contribution < 1.29 is 9.53 Å². The number of aromatic nitrogens is 1. The monoisotopic (exact) mass is 318 g/mol. The van der Waals surface area contributed by atoms with E-state index in [4.69, 9.17) is 16.3 Å². The summed E-state index contributed by atoms with van der Waals surface area (Å²) in [6.07, 6.45) is 4.00. The molecule has 0 aliphatic carbocycles. The summed E-state index contributed by atoms with van der Waals surface area (Å²) >= 11 is 9.03. The van der Waals surface area contributed by atoms with Gasteiger partial charge in [-0.2, -0.15) is 0 Å². The molecule has 1 amide bonds. The van der Waals surface area contributed by atoms with Crippen LogP contribution in [0.2, 0.25) is 5.15 Å². The molecule has 1 aromatic heterocycles. The molecule has 1 atom stereocenters. The van der Waals surface area contributed by atoms with Crippen molar-refractivity contribution in [2.45, 2.75) is 25.4 Å². The lowest BCUT2D eigenvalue weighted by atomic mass is 10.1. The van der Waals surface area contributed by atoms with Crippen LogP contribution in [-0.4, -0.2) is 23.6 Å². The summed E-state index contributed by atoms with van der Waals surface area (Å²) in [4.78, 5) is 15.8. The number of hydrogen-bond donors (Lipinski definition) is 1. The highest BCUT2D eigenvalue weighted by Gasteiger charge is 2.22. The van der Waals surface area contributed by atoms with E-state index in [1.54, 1.807) is 6.07 Å².